The topological polar surface area (TPSA) is 32.5 Å². The van der Waals surface area contributed by atoms with E-state index in [1.54, 1.807) is 6.07 Å². The number of hydrogen-bond donors (Lipinski definition) is 1. The van der Waals surface area contributed by atoms with E-state index in [2.05, 4.69) is 29.0 Å². The Labute approximate surface area is 124 Å². The van der Waals surface area contributed by atoms with Crippen LogP contribution < -0.4 is 10.6 Å². The second-order valence-electron chi connectivity index (χ2n) is 5.59. The number of halogens is 1. The van der Waals surface area contributed by atoms with Gasteiger partial charge in [0, 0.05) is 19.6 Å². The van der Waals surface area contributed by atoms with Crippen molar-refractivity contribution >= 4 is 11.4 Å². The minimum Gasteiger partial charge on any atom is -0.397 e. The molecule has 0 bridgehead atoms. The molecule has 3 rings (SSSR count). The second-order valence-corrected chi connectivity index (χ2v) is 5.59. The Morgan fingerprint density at radius 1 is 1.10 bits per heavy atom. The Kier molecular flexibility index (Phi) is 3.80. The summed E-state index contributed by atoms with van der Waals surface area (Å²) in [4.78, 5) is 4.51. The van der Waals surface area contributed by atoms with E-state index in [0.29, 0.717) is 5.69 Å². The van der Waals surface area contributed by atoms with Crippen molar-refractivity contribution in [3.63, 3.8) is 0 Å². The van der Waals surface area contributed by atoms with Gasteiger partial charge < -0.3 is 15.5 Å². The highest BCUT2D eigenvalue weighted by Gasteiger charge is 2.28. The number of nitrogens with zero attached hydrogens (tertiary/aromatic N) is 2. The molecule has 1 unspecified atom stereocenters. The van der Waals surface area contributed by atoms with Crippen LogP contribution in [0.1, 0.15) is 11.6 Å². The zero-order valence-electron chi connectivity index (χ0n) is 12.2. The highest BCUT2D eigenvalue weighted by atomic mass is 19.1. The monoisotopic (exact) mass is 285 g/mol. The van der Waals surface area contributed by atoms with Gasteiger partial charge in [-0.1, -0.05) is 30.3 Å². The van der Waals surface area contributed by atoms with Gasteiger partial charge in [0.05, 0.1) is 17.4 Å². The van der Waals surface area contributed by atoms with Crippen molar-refractivity contribution < 1.29 is 4.39 Å². The van der Waals surface area contributed by atoms with Gasteiger partial charge in [-0.3, -0.25) is 0 Å². The summed E-state index contributed by atoms with van der Waals surface area (Å²) in [5.41, 5.74) is 8.72. The molecule has 0 aliphatic carbocycles. The van der Waals surface area contributed by atoms with Crippen LogP contribution in [0.2, 0.25) is 0 Å². The van der Waals surface area contributed by atoms with Crippen molar-refractivity contribution in [1.29, 1.82) is 0 Å². The van der Waals surface area contributed by atoms with E-state index in [4.69, 9.17) is 5.73 Å². The number of nitrogens with two attached hydrogens (primary N) is 1. The quantitative estimate of drug-likeness (QED) is 0.861. The number of rotatable bonds is 2. The van der Waals surface area contributed by atoms with Crippen LogP contribution in [0, 0.1) is 5.82 Å². The van der Waals surface area contributed by atoms with Crippen molar-refractivity contribution in [3.8, 4) is 0 Å². The number of benzene rings is 2. The molecule has 21 heavy (non-hydrogen) atoms. The average Bonchev–Trinajstić information content (AvgIpc) is 2.51. The van der Waals surface area contributed by atoms with Crippen LogP contribution >= 0.6 is 0 Å². The molecule has 0 radical (unpaired) electrons. The first-order valence-electron chi connectivity index (χ1n) is 7.20. The standard InChI is InChI=1S/C17H20FN3/c1-20-9-10-21(16-11-14(18)7-8-15(16)19)17(12-20)13-5-3-2-4-6-13/h2-8,11,17H,9-10,12,19H2,1H3. The number of nitrogen functional groups attached to an aromatic ring is 1. The number of anilines is 2. The fraction of sp³-hybridized carbons (Fsp3) is 0.294. The first kappa shape index (κ1) is 13.9. The van der Waals surface area contributed by atoms with E-state index in [-0.39, 0.29) is 11.9 Å². The van der Waals surface area contributed by atoms with Gasteiger partial charge in [-0.2, -0.15) is 0 Å². The maximum absolute atomic E-state index is 13.6. The molecule has 110 valence electrons. The molecular weight excluding hydrogens is 265 g/mol. The highest BCUT2D eigenvalue weighted by molar-refractivity contribution is 5.68. The molecule has 1 heterocycles. The third kappa shape index (κ3) is 2.85. The molecule has 1 atom stereocenters. The summed E-state index contributed by atoms with van der Waals surface area (Å²) in [6.07, 6.45) is 0. The average molecular weight is 285 g/mol. The fourth-order valence-electron chi connectivity index (χ4n) is 2.93. The molecule has 0 saturated carbocycles. The summed E-state index contributed by atoms with van der Waals surface area (Å²) in [7, 11) is 2.11. The van der Waals surface area contributed by atoms with Crippen molar-refractivity contribution in [2.24, 2.45) is 0 Å². The Bertz CT molecular complexity index is 615. The molecule has 0 amide bonds. The highest BCUT2D eigenvalue weighted by Crippen LogP contribution is 2.34. The van der Waals surface area contributed by atoms with Gasteiger partial charge in [0.1, 0.15) is 5.82 Å². The lowest BCUT2D eigenvalue weighted by atomic mass is 10.0. The predicted molar refractivity (Wildman–Crippen MR) is 84.8 cm³/mol. The zero-order chi connectivity index (χ0) is 14.8. The molecule has 1 saturated heterocycles. The molecule has 0 spiro atoms. The van der Waals surface area contributed by atoms with Gasteiger partial charge in [0.2, 0.25) is 0 Å². The third-order valence-electron chi connectivity index (χ3n) is 4.07. The molecule has 2 aromatic carbocycles. The smallest absolute Gasteiger partial charge is 0.125 e. The Balaban J connectivity index is 2.00. The van der Waals surface area contributed by atoms with Crippen LogP contribution in [0.5, 0.6) is 0 Å². The molecular formula is C17H20FN3. The second kappa shape index (κ2) is 5.74. The molecule has 1 aliphatic rings. The normalized spacial score (nSPS) is 19.7. The van der Waals surface area contributed by atoms with Crippen LogP contribution in [0.3, 0.4) is 0 Å². The summed E-state index contributed by atoms with van der Waals surface area (Å²) in [5, 5.41) is 0. The number of hydrogen-bond acceptors (Lipinski definition) is 3. The van der Waals surface area contributed by atoms with Gasteiger partial charge in [-0.25, -0.2) is 4.39 Å². The molecule has 3 nitrogen and oxygen atoms in total. The van der Waals surface area contributed by atoms with E-state index in [0.717, 1.165) is 25.3 Å². The van der Waals surface area contributed by atoms with Crippen LogP contribution in [-0.4, -0.2) is 31.6 Å². The van der Waals surface area contributed by atoms with E-state index < -0.39 is 0 Å². The van der Waals surface area contributed by atoms with Crippen LogP contribution in [-0.2, 0) is 0 Å². The molecule has 2 aromatic rings. The van der Waals surface area contributed by atoms with Gasteiger partial charge in [0.15, 0.2) is 0 Å². The summed E-state index contributed by atoms with van der Waals surface area (Å²) >= 11 is 0. The third-order valence-corrected chi connectivity index (χ3v) is 4.07. The molecule has 1 fully saturated rings. The number of piperazine rings is 1. The first-order chi connectivity index (χ1) is 10.1. The van der Waals surface area contributed by atoms with Crippen molar-refractivity contribution in [2.75, 3.05) is 37.3 Å². The molecule has 2 N–H and O–H groups in total. The van der Waals surface area contributed by atoms with Crippen LogP contribution in [0.25, 0.3) is 0 Å². The lowest BCUT2D eigenvalue weighted by Gasteiger charge is -2.42. The summed E-state index contributed by atoms with van der Waals surface area (Å²) in [6, 6.07) is 15.1. The Morgan fingerprint density at radius 3 is 2.62 bits per heavy atom. The van der Waals surface area contributed by atoms with Gasteiger partial charge >= 0.3 is 0 Å². The fourth-order valence-corrected chi connectivity index (χ4v) is 2.93. The van der Waals surface area contributed by atoms with Crippen LogP contribution in [0.4, 0.5) is 15.8 Å². The van der Waals surface area contributed by atoms with E-state index in [1.165, 1.54) is 17.7 Å². The molecule has 1 aliphatic heterocycles. The number of likely N-dealkylation sites (N-methyl/N-ethyl adjacent to an activating group) is 1. The molecule has 0 aromatic heterocycles. The van der Waals surface area contributed by atoms with Gasteiger partial charge in [-0.15, -0.1) is 0 Å². The maximum atomic E-state index is 13.6. The zero-order valence-corrected chi connectivity index (χ0v) is 12.2. The van der Waals surface area contributed by atoms with Gasteiger partial charge in [0.25, 0.3) is 0 Å². The minimum atomic E-state index is -0.245. The van der Waals surface area contributed by atoms with E-state index in [9.17, 15) is 4.39 Å². The van der Waals surface area contributed by atoms with Crippen molar-refractivity contribution in [3.05, 3.63) is 59.9 Å². The Hall–Kier alpha value is -2.07. The van der Waals surface area contributed by atoms with Crippen LogP contribution in [0.15, 0.2) is 48.5 Å². The maximum Gasteiger partial charge on any atom is 0.125 e. The first-order valence-corrected chi connectivity index (χ1v) is 7.20. The van der Waals surface area contributed by atoms with Gasteiger partial charge in [-0.05, 0) is 30.8 Å². The summed E-state index contributed by atoms with van der Waals surface area (Å²) in [5.74, 6) is -0.245. The largest absolute Gasteiger partial charge is 0.397 e. The van der Waals surface area contributed by atoms with Crippen molar-refractivity contribution in [1.82, 2.24) is 4.90 Å². The lowest BCUT2D eigenvalue weighted by molar-refractivity contribution is 0.269. The molecule has 4 heteroatoms. The van der Waals surface area contributed by atoms with Crippen molar-refractivity contribution in [2.45, 2.75) is 6.04 Å². The SMILES string of the molecule is CN1CCN(c2cc(F)ccc2N)C(c2ccccc2)C1. The summed E-state index contributed by atoms with van der Waals surface area (Å²) in [6.45, 7) is 2.68. The predicted octanol–water partition coefficient (Wildman–Crippen LogP) is 2.90. The lowest BCUT2D eigenvalue weighted by Crippen LogP contribution is -2.47. The minimum absolute atomic E-state index is 0.189. The van der Waals surface area contributed by atoms with E-state index in [1.807, 2.05) is 18.2 Å². The summed E-state index contributed by atoms with van der Waals surface area (Å²) < 4.78 is 13.6. The van der Waals surface area contributed by atoms with E-state index >= 15 is 0 Å². The Morgan fingerprint density at radius 2 is 1.86 bits per heavy atom.